The van der Waals surface area contributed by atoms with Crippen molar-refractivity contribution >= 4 is 5.91 Å². The van der Waals surface area contributed by atoms with Crippen molar-refractivity contribution < 1.29 is 9.28 Å². The number of amides is 1. The predicted octanol–water partition coefficient (Wildman–Crippen LogP) is 1.16. The molecule has 0 spiro atoms. The summed E-state index contributed by atoms with van der Waals surface area (Å²) in [5.74, 6) is 0.407. The Bertz CT molecular complexity index is 153. The minimum Gasteiger partial charge on any atom is -0.240 e. The molecule has 0 radical (unpaired) electrons. The average Bonchev–Trinajstić information content (AvgIpc) is 2.42. The van der Waals surface area contributed by atoms with E-state index in [4.69, 9.17) is 0 Å². The normalized spacial score (nSPS) is 22.4. The van der Waals surface area contributed by atoms with Crippen molar-refractivity contribution in [2.75, 3.05) is 6.54 Å². The van der Waals surface area contributed by atoms with Crippen molar-refractivity contribution in [1.29, 1.82) is 0 Å². The van der Waals surface area contributed by atoms with Gasteiger partial charge in [-0.05, 0) is 27.7 Å². The van der Waals surface area contributed by atoms with Gasteiger partial charge in [-0.25, -0.2) is 9.28 Å². The fourth-order valence-corrected chi connectivity index (χ4v) is 1.73. The summed E-state index contributed by atoms with van der Waals surface area (Å²) in [6.45, 7) is 9.22. The standard InChI is InChI=1S/C8H16NO/c1-6(2)9(7(3)4)5-8(9)10/h6-7H,5H2,1-4H3/q+1. The summed E-state index contributed by atoms with van der Waals surface area (Å²) >= 11 is 0. The van der Waals surface area contributed by atoms with Gasteiger partial charge in [0.05, 0.1) is 12.1 Å². The van der Waals surface area contributed by atoms with Crippen molar-refractivity contribution in [3.05, 3.63) is 0 Å². The predicted molar refractivity (Wildman–Crippen MR) is 40.4 cm³/mol. The topological polar surface area (TPSA) is 17.1 Å². The molecule has 1 heterocycles. The van der Waals surface area contributed by atoms with Crippen molar-refractivity contribution in [1.82, 2.24) is 0 Å². The molecule has 0 aromatic rings. The molecule has 1 rings (SSSR count). The lowest BCUT2D eigenvalue weighted by Crippen LogP contribution is -2.41. The molecule has 1 amide bonds. The zero-order chi connectivity index (χ0) is 7.94. The van der Waals surface area contributed by atoms with Gasteiger partial charge in [-0.1, -0.05) is 0 Å². The van der Waals surface area contributed by atoms with Crippen molar-refractivity contribution in [2.45, 2.75) is 39.8 Å². The molecule has 0 unspecified atom stereocenters. The fourth-order valence-electron chi connectivity index (χ4n) is 1.73. The molecular formula is C8H16NO+. The van der Waals surface area contributed by atoms with Gasteiger partial charge in [0.2, 0.25) is 6.54 Å². The average molecular weight is 142 g/mol. The molecule has 1 aliphatic rings. The van der Waals surface area contributed by atoms with Gasteiger partial charge in [-0.15, -0.1) is 0 Å². The number of hydrogen-bond acceptors (Lipinski definition) is 1. The molecule has 0 aromatic heterocycles. The van der Waals surface area contributed by atoms with Gasteiger partial charge in [-0.3, -0.25) is 0 Å². The Morgan fingerprint density at radius 3 is 1.50 bits per heavy atom. The number of hydrogen-bond donors (Lipinski definition) is 0. The molecule has 58 valence electrons. The van der Waals surface area contributed by atoms with Crippen LogP contribution in [0.2, 0.25) is 0 Å². The second kappa shape index (κ2) is 2.06. The Balaban J connectivity index is 2.73. The van der Waals surface area contributed by atoms with Crippen molar-refractivity contribution in [2.24, 2.45) is 0 Å². The van der Waals surface area contributed by atoms with E-state index in [9.17, 15) is 4.79 Å². The maximum atomic E-state index is 11.1. The second-order valence-electron chi connectivity index (χ2n) is 3.67. The van der Waals surface area contributed by atoms with Crippen LogP contribution in [0.3, 0.4) is 0 Å². The van der Waals surface area contributed by atoms with Gasteiger partial charge in [0.15, 0.2) is 0 Å². The summed E-state index contributed by atoms with van der Waals surface area (Å²) < 4.78 is 0.708. The van der Waals surface area contributed by atoms with Gasteiger partial charge in [0.1, 0.15) is 0 Å². The van der Waals surface area contributed by atoms with Gasteiger partial charge in [-0.2, -0.15) is 0 Å². The zero-order valence-corrected chi connectivity index (χ0v) is 7.22. The number of quaternary nitrogens is 1. The third kappa shape index (κ3) is 0.788. The molecule has 10 heavy (non-hydrogen) atoms. The summed E-state index contributed by atoms with van der Waals surface area (Å²) in [6.07, 6.45) is 0. The monoisotopic (exact) mass is 142 g/mol. The van der Waals surface area contributed by atoms with Crippen LogP contribution in [0, 0.1) is 0 Å². The largest absolute Gasteiger partial charge is 0.369 e. The van der Waals surface area contributed by atoms with Crippen LogP contribution < -0.4 is 0 Å². The van der Waals surface area contributed by atoms with E-state index >= 15 is 0 Å². The van der Waals surface area contributed by atoms with Crippen LogP contribution in [-0.2, 0) is 4.79 Å². The van der Waals surface area contributed by atoms with E-state index in [0.29, 0.717) is 22.5 Å². The minimum atomic E-state index is 0.407. The van der Waals surface area contributed by atoms with Gasteiger partial charge >= 0.3 is 5.91 Å². The first-order valence-electron chi connectivity index (χ1n) is 3.92. The van der Waals surface area contributed by atoms with E-state index in [0.717, 1.165) is 6.54 Å². The van der Waals surface area contributed by atoms with Gasteiger partial charge in [0.25, 0.3) is 0 Å². The molecular weight excluding hydrogens is 126 g/mol. The smallest absolute Gasteiger partial charge is 0.240 e. The van der Waals surface area contributed by atoms with Crippen LogP contribution in [0.4, 0.5) is 0 Å². The maximum Gasteiger partial charge on any atom is 0.369 e. The van der Waals surface area contributed by atoms with E-state index in [1.54, 1.807) is 0 Å². The molecule has 0 bridgehead atoms. The SMILES string of the molecule is CC(C)[N+]1(C(C)C)CC1=O. The number of carbonyl (C=O) groups excluding carboxylic acids is 1. The van der Waals surface area contributed by atoms with E-state index in [-0.39, 0.29) is 0 Å². The van der Waals surface area contributed by atoms with Crippen LogP contribution in [-0.4, -0.2) is 29.0 Å². The Kier molecular flexibility index (Phi) is 1.59. The first-order chi connectivity index (χ1) is 4.51. The highest BCUT2D eigenvalue weighted by Crippen LogP contribution is 2.31. The lowest BCUT2D eigenvalue weighted by Gasteiger charge is -2.23. The van der Waals surface area contributed by atoms with Gasteiger partial charge in [0, 0.05) is 0 Å². The number of nitrogens with zero attached hydrogens (tertiary/aromatic N) is 1. The third-order valence-electron chi connectivity index (χ3n) is 2.60. The van der Waals surface area contributed by atoms with E-state index < -0.39 is 0 Å². The maximum absolute atomic E-state index is 11.1. The molecule has 1 fully saturated rings. The highest BCUT2D eigenvalue weighted by Gasteiger charge is 2.59. The molecule has 0 N–H and O–H groups in total. The van der Waals surface area contributed by atoms with E-state index in [1.807, 2.05) is 0 Å². The Hall–Kier alpha value is -0.370. The lowest BCUT2D eigenvalue weighted by atomic mass is 10.2. The molecule has 0 atom stereocenters. The number of carbonyl (C=O) groups is 1. The zero-order valence-electron chi connectivity index (χ0n) is 7.22. The molecule has 2 heteroatoms. The fraction of sp³-hybridized carbons (Fsp3) is 0.875. The lowest BCUT2D eigenvalue weighted by molar-refractivity contribution is -0.806. The van der Waals surface area contributed by atoms with Crippen LogP contribution in [0.25, 0.3) is 0 Å². The minimum absolute atomic E-state index is 0.407. The molecule has 1 aliphatic heterocycles. The Morgan fingerprint density at radius 1 is 1.20 bits per heavy atom. The summed E-state index contributed by atoms with van der Waals surface area (Å²) in [7, 11) is 0. The van der Waals surface area contributed by atoms with E-state index in [1.165, 1.54) is 0 Å². The third-order valence-corrected chi connectivity index (χ3v) is 2.60. The highest BCUT2D eigenvalue weighted by molar-refractivity contribution is 5.82. The second-order valence-corrected chi connectivity index (χ2v) is 3.67. The van der Waals surface area contributed by atoms with E-state index in [2.05, 4.69) is 27.7 Å². The first-order valence-corrected chi connectivity index (χ1v) is 3.92. The molecule has 0 aliphatic carbocycles. The summed E-state index contributed by atoms with van der Waals surface area (Å²) in [5.41, 5.74) is 0. The summed E-state index contributed by atoms with van der Waals surface area (Å²) in [5, 5.41) is 0. The Morgan fingerprint density at radius 2 is 1.50 bits per heavy atom. The molecule has 0 saturated carbocycles. The first kappa shape index (κ1) is 7.73. The molecule has 0 aromatic carbocycles. The van der Waals surface area contributed by atoms with Crippen molar-refractivity contribution in [3.8, 4) is 0 Å². The van der Waals surface area contributed by atoms with Crippen molar-refractivity contribution in [3.63, 3.8) is 0 Å². The van der Waals surface area contributed by atoms with Crippen LogP contribution >= 0.6 is 0 Å². The Labute approximate surface area is 62.4 Å². The number of rotatable bonds is 2. The summed E-state index contributed by atoms with van der Waals surface area (Å²) in [6, 6.07) is 0.931. The van der Waals surface area contributed by atoms with Crippen LogP contribution in [0.15, 0.2) is 0 Å². The highest BCUT2D eigenvalue weighted by atomic mass is 16.2. The van der Waals surface area contributed by atoms with Gasteiger partial charge < -0.3 is 0 Å². The summed E-state index contributed by atoms with van der Waals surface area (Å²) in [4.78, 5) is 11.1. The van der Waals surface area contributed by atoms with Crippen LogP contribution in [0.1, 0.15) is 27.7 Å². The van der Waals surface area contributed by atoms with Crippen LogP contribution in [0.5, 0.6) is 0 Å². The quantitative estimate of drug-likeness (QED) is 0.417. The molecule has 1 saturated heterocycles. The molecule has 2 nitrogen and oxygen atoms in total.